The van der Waals surface area contributed by atoms with Crippen LogP contribution in [0.1, 0.15) is 18.9 Å². The predicted octanol–water partition coefficient (Wildman–Crippen LogP) is 2.69. The van der Waals surface area contributed by atoms with E-state index in [4.69, 9.17) is 15.9 Å². The highest BCUT2D eigenvalue weighted by atomic mass is 32.2. The van der Waals surface area contributed by atoms with Crippen molar-refractivity contribution in [3.63, 3.8) is 0 Å². The maximum Gasteiger partial charge on any atom is 0.231 e. The van der Waals surface area contributed by atoms with Gasteiger partial charge in [0, 0.05) is 18.3 Å². The van der Waals surface area contributed by atoms with Crippen molar-refractivity contribution in [2.75, 3.05) is 24.8 Å². The van der Waals surface area contributed by atoms with Crippen LogP contribution < -0.4 is 14.8 Å². The van der Waals surface area contributed by atoms with Crippen molar-refractivity contribution in [1.29, 1.82) is 0 Å². The third-order valence-corrected chi connectivity index (χ3v) is 4.09. The molecule has 1 aromatic carbocycles. The number of ether oxygens (including phenoxy) is 2. The van der Waals surface area contributed by atoms with Crippen molar-refractivity contribution in [3.05, 3.63) is 23.8 Å². The Balaban J connectivity index is 1.66. The first-order chi connectivity index (χ1) is 9.79. The molecule has 20 heavy (non-hydrogen) atoms. The van der Waals surface area contributed by atoms with Gasteiger partial charge in [-0.3, -0.25) is 0 Å². The molecule has 2 rings (SSSR count). The quantitative estimate of drug-likeness (QED) is 0.589. The van der Waals surface area contributed by atoms with Crippen LogP contribution in [-0.4, -0.2) is 30.9 Å². The Kier molecular flexibility index (Phi) is 6.10. The average Bonchev–Trinajstić information content (AvgIpc) is 2.92. The molecule has 0 saturated heterocycles. The van der Waals surface area contributed by atoms with Crippen molar-refractivity contribution in [2.24, 2.45) is 0 Å². The number of thioether (sulfide) groups is 1. The number of benzene rings is 1. The van der Waals surface area contributed by atoms with Crippen LogP contribution in [0.5, 0.6) is 11.5 Å². The molecule has 108 valence electrons. The number of rotatable bonds is 8. The van der Waals surface area contributed by atoms with E-state index in [0.29, 0.717) is 12.8 Å². The number of nitrogens with one attached hydrogen (secondary N) is 1. The monoisotopic (exact) mass is 291 g/mol. The lowest BCUT2D eigenvalue weighted by atomic mass is 10.1. The zero-order valence-electron chi connectivity index (χ0n) is 11.9. The van der Waals surface area contributed by atoms with Crippen LogP contribution in [0, 0.1) is 12.3 Å². The van der Waals surface area contributed by atoms with Crippen molar-refractivity contribution in [1.82, 2.24) is 5.32 Å². The lowest BCUT2D eigenvalue weighted by Crippen LogP contribution is -2.28. The fourth-order valence-electron chi connectivity index (χ4n) is 2.09. The standard InChI is InChI=1S/C16H21NO2S/c1-3-9-20-10-8-17-13(2)4-5-14-6-7-15-16(11-14)19-12-18-15/h1,6-7,11,13,17H,4-5,8-10,12H2,2H3. The Morgan fingerprint density at radius 2 is 2.25 bits per heavy atom. The fraction of sp³-hybridized carbons (Fsp3) is 0.500. The second kappa shape index (κ2) is 8.08. The first-order valence-corrected chi connectivity index (χ1v) is 8.08. The molecule has 0 bridgehead atoms. The summed E-state index contributed by atoms with van der Waals surface area (Å²) >= 11 is 1.79. The maximum atomic E-state index is 5.39. The summed E-state index contributed by atoms with van der Waals surface area (Å²) in [7, 11) is 0. The van der Waals surface area contributed by atoms with Crippen molar-refractivity contribution in [2.45, 2.75) is 25.8 Å². The molecule has 1 aliphatic heterocycles. The molecule has 1 aromatic rings. The summed E-state index contributed by atoms with van der Waals surface area (Å²) < 4.78 is 10.7. The largest absolute Gasteiger partial charge is 0.454 e. The van der Waals surface area contributed by atoms with Gasteiger partial charge in [0.15, 0.2) is 11.5 Å². The summed E-state index contributed by atoms with van der Waals surface area (Å²) in [5.74, 6) is 6.22. The number of terminal acetylenes is 1. The molecule has 0 aliphatic carbocycles. The smallest absolute Gasteiger partial charge is 0.231 e. The molecule has 0 fully saturated rings. The summed E-state index contributed by atoms with van der Waals surface area (Å²) in [6.45, 7) is 3.57. The van der Waals surface area contributed by atoms with E-state index in [0.717, 1.165) is 42.4 Å². The Hall–Kier alpha value is -1.31. The molecule has 4 heteroatoms. The topological polar surface area (TPSA) is 30.5 Å². The van der Waals surface area contributed by atoms with E-state index < -0.39 is 0 Å². The minimum Gasteiger partial charge on any atom is -0.454 e. The van der Waals surface area contributed by atoms with E-state index in [1.54, 1.807) is 11.8 Å². The highest BCUT2D eigenvalue weighted by Crippen LogP contribution is 2.32. The molecular formula is C16H21NO2S. The number of fused-ring (bicyclic) bond motifs is 1. The summed E-state index contributed by atoms with van der Waals surface area (Å²) in [6, 6.07) is 6.69. The molecule has 1 atom stereocenters. The first-order valence-electron chi connectivity index (χ1n) is 6.92. The zero-order chi connectivity index (χ0) is 14.2. The minimum atomic E-state index is 0.339. The van der Waals surface area contributed by atoms with E-state index in [1.165, 1.54) is 5.56 Å². The van der Waals surface area contributed by atoms with Crippen LogP contribution in [-0.2, 0) is 6.42 Å². The minimum absolute atomic E-state index is 0.339. The van der Waals surface area contributed by atoms with Crippen LogP contribution in [0.2, 0.25) is 0 Å². The van der Waals surface area contributed by atoms with E-state index in [2.05, 4.69) is 30.3 Å². The summed E-state index contributed by atoms with van der Waals surface area (Å²) in [5, 5.41) is 3.52. The molecule has 1 aliphatic rings. The van der Waals surface area contributed by atoms with E-state index in [9.17, 15) is 0 Å². The third kappa shape index (κ3) is 4.66. The molecule has 0 saturated carbocycles. The van der Waals surface area contributed by atoms with Gasteiger partial charge in [0.25, 0.3) is 0 Å². The highest BCUT2D eigenvalue weighted by molar-refractivity contribution is 7.99. The molecule has 0 spiro atoms. The van der Waals surface area contributed by atoms with E-state index in [1.807, 2.05) is 6.07 Å². The Labute approximate surface area is 125 Å². The van der Waals surface area contributed by atoms with Gasteiger partial charge in [0.05, 0.1) is 5.75 Å². The molecule has 1 N–H and O–H groups in total. The van der Waals surface area contributed by atoms with Gasteiger partial charge >= 0.3 is 0 Å². The van der Waals surface area contributed by atoms with E-state index in [-0.39, 0.29) is 0 Å². The third-order valence-electron chi connectivity index (χ3n) is 3.23. The Bertz CT molecular complexity index is 470. The van der Waals surface area contributed by atoms with Gasteiger partial charge in [0.2, 0.25) is 6.79 Å². The van der Waals surface area contributed by atoms with Crippen LogP contribution in [0.3, 0.4) is 0 Å². The number of hydrogen-bond donors (Lipinski definition) is 1. The molecule has 0 radical (unpaired) electrons. The van der Waals surface area contributed by atoms with Gasteiger partial charge in [0.1, 0.15) is 0 Å². The maximum absolute atomic E-state index is 5.39. The molecule has 1 heterocycles. The van der Waals surface area contributed by atoms with Gasteiger partial charge < -0.3 is 14.8 Å². The Morgan fingerprint density at radius 1 is 1.40 bits per heavy atom. The van der Waals surface area contributed by atoms with Gasteiger partial charge in [-0.05, 0) is 37.5 Å². The van der Waals surface area contributed by atoms with Gasteiger partial charge in [-0.2, -0.15) is 0 Å². The van der Waals surface area contributed by atoms with Gasteiger partial charge in [-0.25, -0.2) is 0 Å². The fourth-order valence-corrected chi connectivity index (χ4v) is 2.61. The first kappa shape index (κ1) is 15.1. The average molecular weight is 291 g/mol. The van der Waals surface area contributed by atoms with Gasteiger partial charge in [-0.15, -0.1) is 18.2 Å². The normalized spacial score (nSPS) is 14.0. The lowest BCUT2D eigenvalue weighted by Gasteiger charge is -2.13. The van der Waals surface area contributed by atoms with Crippen LogP contribution in [0.25, 0.3) is 0 Å². The van der Waals surface area contributed by atoms with Crippen molar-refractivity contribution < 1.29 is 9.47 Å². The van der Waals surface area contributed by atoms with E-state index >= 15 is 0 Å². The second-order valence-corrected chi connectivity index (χ2v) is 5.94. The number of aryl methyl sites for hydroxylation is 1. The zero-order valence-corrected chi connectivity index (χ0v) is 12.7. The van der Waals surface area contributed by atoms with Crippen molar-refractivity contribution >= 4 is 11.8 Å². The SMILES string of the molecule is C#CCSCCNC(C)CCc1ccc2c(c1)OCO2. The summed E-state index contributed by atoms with van der Waals surface area (Å²) in [6.07, 6.45) is 7.37. The van der Waals surface area contributed by atoms with Crippen LogP contribution in [0.4, 0.5) is 0 Å². The van der Waals surface area contributed by atoms with Crippen LogP contribution in [0.15, 0.2) is 18.2 Å². The molecule has 1 unspecified atom stereocenters. The molecular weight excluding hydrogens is 270 g/mol. The molecule has 3 nitrogen and oxygen atoms in total. The predicted molar refractivity (Wildman–Crippen MR) is 84.5 cm³/mol. The van der Waals surface area contributed by atoms with Crippen molar-refractivity contribution in [3.8, 4) is 23.8 Å². The Morgan fingerprint density at radius 3 is 3.10 bits per heavy atom. The number of hydrogen-bond acceptors (Lipinski definition) is 4. The highest BCUT2D eigenvalue weighted by Gasteiger charge is 2.13. The van der Waals surface area contributed by atoms with Crippen LogP contribution >= 0.6 is 11.8 Å². The molecule has 0 aromatic heterocycles. The second-order valence-electron chi connectivity index (χ2n) is 4.84. The van der Waals surface area contributed by atoms with Gasteiger partial charge in [-0.1, -0.05) is 12.0 Å². The molecule has 0 amide bonds. The summed E-state index contributed by atoms with van der Waals surface area (Å²) in [4.78, 5) is 0. The lowest BCUT2D eigenvalue weighted by molar-refractivity contribution is 0.174. The summed E-state index contributed by atoms with van der Waals surface area (Å²) in [5.41, 5.74) is 1.30.